The maximum Gasteiger partial charge on any atom is 0.119 e. The number of hydrogen-bond donors (Lipinski definition) is 1. The Hall–Kier alpha value is -1.16. The van der Waals surface area contributed by atoms with Gasteiger partial charge >= 0.3 is 0 Å². The average Bonchev–Trinajstić information content (AvgIpc) is 3.08. The second kappa shape index (κ2) is 16.6. The van der Waals surface area contributed by atoms with Crippen LogP contribution < -0.4 is 0 Å². The van der Waals surface area contributed by atoms with Crippen LogP contribution in [0.15, 0.2) is 40.0 Å². The number of nitrogens with zero attached hydrogens (tertiary/aromatic N) is 1. The monoisotopic (exact) mass is 465 g/mol. The molecule has 0 radical (unpaired) electrons. The van der Waals surface area contributed by atoms with Gasteiger partial charge in [0.25, 0.3) is 0 Å². The quantitative estimate of drug-likeness (QED) is 0.0821. The summed E-state index contributed by atoms with van der Waals surface area (Å²) in [5.74, 6) is 1.16. The molecule has 0 aromatic rings. The summed E-state index contributed by atoms with van der Waals surface area (Å²) in [6, 6.07) is 0. The third-order valence-electron chi connectivity index (χ3n) is 6.00. The van der Waals surface area contributed by atoms with E-state index in [-0.39, 0.29) is 0 Å². The van der Waals surface area contributed by atoms with Gasteiger partial charge in [-0.3, -0.25) is 0 Å². The lowest BCUT2D eigenvalue weighted by Gasteiger charge is -2.19. The molecule has 1 aliphatic carbocycles. The minimum Gasteiger partial charge on any atom is -0.411 e. The van der Waals surface area contributed by atoms with Crippen molar-refractivity contribution in [2.75, 3.05) is 0 Å². The van der Waals surface area contributed by atoms with Crippen LogP contribution in [0.25, 0.3) is 0 Å². The summed E-state index contributed by atoms with van der Waals surface area (Å²) < 4.78 is 0.928. The van der Waals surface area contributed by atoms with E-state index in [1.165, 1.54) is 56.9 Å². The Labute approximate surface area is 186 Å². The van der Waals surface area contributed by atoms with Gasteiger partial charge in [-0.15, -0.1) is 0 Å². The number of oxime groups is 1. The highest BCUT2D eigenvalue weighted by molar-refractivity contribution is 9.11. The number of halogens is 1. The van der Waals surface area contributed by atoms with Crippen molar-refractivity contribution in [2.45, 2.75) is 96.8 Å². The molecule has 2 atom stereocenters. The lowest BCUT2D eigenvalue weighted by atomic mass is 9.86. The number of carbonyl (C=O) groups excluding carboxylic acids is 1. The molecule has 0 unspecified atom stereocenters. The fourth-order valence-electron chi connectivity index (χ4n) is 4.52. The van der Waals surface area contributed by atoms with Crippen molar-refractivity contribution in [3.05, 3.63) is 34.9 Å². The van der Waals surface area contributed by atoms with Crippen LogP contribution in [0, 0.1) is 11.8 Å². The van der Waals surface area contributed by atoms with Crippen LogP contribution in [-0.2, 0) is 4.79 Å². The van der Waals surface area contributed by atoms with Gasteiger partial charge in [-0.1, -0.05) is 78.3 Å². The van der Waals surface area contributed by atoms with Crippen LogP contribution in [0.1, 0.15) is 96.8 Å². The van der Waals surface area contributed by atoms with E-state index in [0.29, 0.717) is 18.3 Å². The highest BCUT2D eigenvalue weighted by atomic mass is 79.9. The summed E-state index contributed by atoms with van der Waals surface area (Å²) in [4.78, 5) is 10.4. The summed E-state index contributed by atoms with van der Waals surface area (Å²) in [5.41, 5.74) is 2.36. The Morgan fingerprint density at radius 1 is 1.14 bits per heavy atom. The third kappa shape index (κ3) is 11.6. The van der Waals surface area contributed by atoms with Crippen LogP contribution in [0.3, 0.4) is 0 Å². The highest BCUT2D eigenvalue weighted by Gasteiger charge is 2.32. The maximum atomic E-state index is 10.4. The lowest BCUT2D eigenvalue weighted by molar-refractivity contribution is -0.107. The fraction of sp³-hybridized carbons (Fsp3) is 0.680. The van der Waals surface area contributed by atoms with Gasteiger partial charge < -0.3 is 10.0 Å². The molecule has 0 aromatic carbocycles. The standard InChI is InChI=1S/C25H40BrNO2/c1-3-13-22(20-21(2)26)14-9-6-7-11-16-24-23(17-18-25(24)27-29)15-10-5-4-8-12-19-28/h3,13,19-20,23-24,29H,2,4-12,14-18H2,1H3/b13-3-,22-20+,27-25-/t23-,24+/m0/s1. The zero-order valence-corrected chi connectivity index (χ0v) is 19.8. The Bertz CT molecular complexity index is 565. The fourth-order valence-corrected chi connectivity index (χ4v) is 4.81. The molecule has 29 heavy (non-hydrogen) atoms. The van der Waals surface area contributed by atoms with Crippen molar-refractivity contribution in [1.29, 1.82) is 0 Å². The molecule has 1 saturated carbocycles. The van der Waals surface area contributed by atoms with Crippen LogP contribution in [-0.4, -0.2) is 17.2 Å². The van der Waals surface area contributed by atoms with Crippen molar-refractivity contribution in [2.24, 2.45) is 17.0 Å². The van der Waals surface area contributed by atoms with Gasteiger partial charge in [-0.2, -0.15) is 0 Å². The largest absolute Gasteiger partial charge is 0.411 e. The first-order valence-electron chi connectivity index (χ1n) is 11.4. The molecule has 0 aliphatic heterocycles. The molecule has 0 spiro atoms. The van der Waals surface area contributed by atoms with E-state index in [1.807, 2.05) is 6.92 Å². The van der Waals surface area contributed by atoms with Crippen molar-refractivity contribution in [3.63, 3.8) is 0 Å². The van der Waals surface area contributed by atoms with E-state index >= 15 is 0 Å². The number of rotatable bonds is 16. The van der Waals surface area contributed by atoms with E-state index in [9.17, 15) is 10.0 Å². The maximum absolute atomic E-state index is 10.4. The molecule has 1 aliphatic rings. The first kappa shape index (κ1) is 25.9. The summed E-state index contributed by atoms with van der Waals surface area (Å²) in [7, 11) is 0. The van der Waals surface area contributed by atoms with Gasteiger partial charge in [0.1, 0.15) is 6.29 Å². The topological polar surface area (TPSA) is 49.7 Å². The summed E-state index contributed by atoms with van der Waals surface area (Å²) in [6.07, 6.45) is 23.2. The van der Waals surface area contributed by atoms with Gasteiger partial charge in [0.15, 0.2) is 0 Å². The number of hydrogen-bond acceptors (Lipinski definition) is 3. The third-order valence-corrected chi connectivity index (χ3v) is 6.23. The molecular formula is C25H40BrNO2. The van der Waals surface area contributed by atoms with Crippen LogP contribution in [0.5, 0.6) is 0 Å². The second-order valence-electron chi connectivity index (χ2n) is 8.27. The Morgan fingerprint density at radius 3 is 2.48 bits per heavy atom. The Morgan fingerprint density at radius 2 is 1.83 bits per heavy atom. The smallest absolute Gasteiger partial charge is 0.119 e. The van der Waals surface area contributed by atoms with E-state index < -0.39 is 0 Å². The highest BCUT2D eigenvalue weighted by Crippen LogP contribution is 2.37. The second-order valence-corrected chi connectivity index (χ2v) is 9.29. The molecule has 4 heteroatoms. The van der Waals surface area contributed by atoms with Crippen LogP contribution in [0.4, 0.5) is 0 Å². The lowest BCUT2D eigenvalue weighted by Crippen LogP contribution is -2.15. The molecule has 164 valence electrons. The number of carbonyl (C=O) groups is 1. The predicted molar refractivity (Wildman–Crippen MR) is 128 cm³/mol. The molecule has 0 bridgehead atoms. The molecule has 0 saturated heterocycles. The van der Waals surface area contributed by atoms with Crippen LogP contribution >= 0.6 is 15.9 Å². The molecule has 0 amide bonds. The van der Waals surface area contributed by atoms with Gasteiger partial charge in [-0.25, -0.2) is 0 Å². The number of unbranched alkanes of at least 4 members (excludes halogenated alkanes) is 7. The van der Waals surface area contributed by atoms with Gasteiger partial charge in [0, 0.05) is 16.8 Å². The minimum absolute atomic E-state index is 0.477. The molecule has 1 N–H and O–H groups in total. The summed E-state index contributed by atoms with van der Waals surface area (Å²) >= 11 is 3.42. The van der Waals surface area contributed by atoms with Crippen LogP contribution in [0.2, 0.25) is 0 Å². The zero-order chi connectivity index (χ0) is 21.3. The Kier molecular flexibility index (Phi) is 14.8. The van der Waals surface area contributed by atoms with E-state index in [4.69, 9.17) is 0 Å². The SMILES string of the molecule is C=C(Br)/C=C(\C=C/C)CCCCCC[C@H]1/C(=N\O)CC[C@@H]1CCCCCCC=O. The van der Waals surface area contributed by atoms with E-state index in [1.54, 1.807) is 0 Å². The van der Waals surface area contributed by atoms with Crippen molar-refractivity contribution in [3.8, 4) is 0 Å². The zero-order valence-electron chi connectivity index (χ0n) is 18.3. The molecule has 1 rings (SSSR count). The minimum atomic E-state index is 0.477. The van der Waals surface area contributed by atoms with E-state index in [0.717, 1.165) is 48.6 Å². The normalized spacial score (nSPS) is 21.3. The van der Waals surface area contributed by atoms with Gasteiger partial charge in [0.2, 0.25) is 0 Å². The van der Waals surface area contributed by atoms with Crippen molar-refractivity contribution < 1.29 is 10.0 Å². The predicted octanol–water partition coefficient (Wildman–Crippen LogP) is 8.13. The first-order valence-corrected chi connectivity index (χ1v) is 12.2. The molecular weight excluding hydrogens is 426 g/mol. The molecule has 3 nitrogen and oxygen atoms in total. The van der Waals surface area contributed by atoms with E-state index in [2.05, 4.69) is 45.9 Å². The molecule has 0 heterocycles. The number of aldehydes is 1. The summed E-state index contributed by atoms with van der Waals surface area (Å²) in [5, 5.41) is 13.0. The van der Waals surface area contributed by atoms with Crippen molar-refractivity contribution >= 4 is 27.9 Å². The molecule has 1 fully saturated rings. The van der Waals surface area contributed by atoms with Gasteiger partial charge in [-0.05, 0) is 69.4 Å². The average molecular weight is 467 g/mol. The summed E-state index contributed by atoms with van der Waals surface area (Å²) in [6.45, 7) is 5.95. The Balaban J connectivity index is 2.28. The molecule has 0 aromatic heterocycles. The van der Waals surface area contributed by atoms with Gasteiger partial charge in [0.05, 0.1) is 5.71 Å². The first-order chi connectivity index (χ1) is 14.1. The number of allylic oxidation sites excluding steroid dienone is 5. The van der Waals surface area contributed by atoms with Crippen molar-refractivity contribution in [1.82, 2.24) is 0 Å².